The molecule has 0 radical (unpaired) electrons. The van der Waals surface area contributed by atoms with Gasteiger partial charge in [-0.3, -0.25) is 14.9 Å². The van der Waals surface area contributed by atoms with Gasteiger partial charge in [0.15, 0.2) is 0 Å². The average molecular weight is 349 g/mol. The Balaban J connectivity index is 1.68. The smallest absolute Gasteiger partial charge is 0.269 e. The second-order valence-electron chi connectivity index (χ2n) is 6.81. The Morgan fingerprint density at radius 1 is 1.23 bits per heavy atom. The number of carbonyl (C=O) groups is 1. The predicted octanol–water partition coefficient (Wildman–Crippen LogP) is 4.38. The van der Waals surface area contributed by atoms with Gasteiger partial charge in [-0.15, -0.1) is 0 Å². The minimum atomic E-state index is -0.378. The second-order valence-corrected chi connectivity index (χ2v) is 6.81. The number of hydrogen-bond acceptors (Lipinski definition) is 4. The summed E-state index contributed by atoms with van der Waals surface area (Å²) >= 11 is 0. The minimum absolute atomic E-state index is 0.0870. The molecule has 3 atom stereocenters. The van der Waals surface area contributed by atoms with Crippen molar-refractivity contribution < 1.29 is 9.72 Å². The van der Waals surface area contributed by atoms with Gasteiger partial charge in [-0.25, -0.2) is 0 Å². The summed E-state index contributed by atoms with van der Waals surface area (Å²) in [7, 11) is 0. The van der Waals surface area contributed by atoms with Crippen LogP contribution < -0.4 is 10.6 Å². The van der Waals surface area contributed by atoms with Crippen LogP contribution in [0.4, 0.5) is 17.1 Å². The molecule has 0 saturated heterocycles. The molecule has 0 spiro atoms. The normalized spacial score (nSPS) is 22.9. The van der Waals surface area contributed by atoms with Crippen molar-refractivity contribution in [3.63, 3.8) is 0 Å². The van der Waals surface area contributed by atoms with E-state index >= 15 is 0 Å². The van der Waals surface area contributed by atoms with Crippen LogP contribution >= 0.6 is 0 Å². The van der Waals surface area contributed by atoms with Crippen LogP contribution in [0, 0.1) is 16.0 Å². The largest absolute Gasteiger partial charge is 0.378 e. The van der Waals surface area contributed by atoms with Crippen LogP contribution in [-0.4, -0.2) is 10.8 Å². The van der Waals surface area contributed by atoms with Gasteiger partial charge in [0.25, 0.3) is 5.69 Å². The van der Waals surface area contributed by atoms with Crippen LogP contribution in [0.5, 0.6) is 0 Å². The van der Waals surface area contributed by atoms with Crippen LogP contribution in [0.2, 0.25) is 0 Å². The molecule has 1 aliphatic carbocycles. The molecule has 2 aliphatic rings. The first-order valence-corrected chi connectivity index (χ1v) is 8.62. The first-order chi connectivity index (χ1) is 12.5. The Morgan fingerprint density at radius 2 is 2.00 bits per heavy atom. The number of nitro benzene ring substituents is 1. The van der Waals surface area contributed by atoms with Gasteiger partial charge in [-0.2, -0.15) is 0 Å². The third-order valence-electron chi connectivity index (χ3n) is 5.15. The molecule has 4 rings (SSSR count). The number of hydrogen-bond donors (Lipinski definition) is 2. The second kappa shape index (κ2) is 6.29. The van der Waals surface area contributed by atoms with Gasteiger partial charge < -0.3 is 10.6 Å². The number of non-ortho nitro benzene ring substituents is 1. The third-order valence-corrected chi connectivity index (χ3v) is 5.15. The van der Waals surface area contributed by atoms with Crippen molar-refractivity contribution in [1.29, 1.82) is 0 Å². The molecule has 2 aromatic carbocycles. The van der Waals surface area contributed by atoms with E-state index in [9.17, 15) is 14.9 Å². The van der Waals surface area contributed by atoms with E-state index in [0.717, 1.165) is 23.4 Å². The number of allylic oxidation sites excluding steroid dienone is 2. The molecule has 1 amide bonds. The molecule has 2 aromatic rings. The zero-order chi connectivity index (χ0) is 18.3. The maximum absolute atomic E-state index is 11.3. The number of anilines is 2. The standard InChI is InChI=1S/C20H19N3O3/c1-12(24)21-14-7-10-19-18(11-14)16-3-2-4-17(16)20(22-19)13-5-8-15(9-6-13)23(25)26/h2-3,5-11,16-17,20,22H,4H2,1H3,(H,21,24)/t16-,17+,20-/m0/s1. The Labute approximate surface area is 151 Å². The lowest BCUT2D eigenvalue weighted by molar-refractivity contribution is -0.384. The van der Waals surface area contributed by atoms with Gasteiger partial charge in [0.1, 0.15) is 0 Å². The summed E-state index contributed by atoms with van der Waals surface area (Å²) in [6.45, 7) is 1.50. The van der Waals surface area contributed by atoms with E-state index in [1.54, 1.807) is 12.1 Å². The van der Waals surface area contributed by atoms with E-state index in [-0.39, 0.29) is 28.5 Å². The Morgan fingerprint density at radius 3 is 2.69 bits per heavy atom. The van der Waals surface area contributed by atoms with Gasteiger partial charge in [0.05, 0.1) is 11.0 Å². The van der Waals surface area contributed by atoms with Crippen LogP contribution in [0.15, 0.2) is 54.6 Å². The summed E-state index contributed by atoms with van der Waals surface area (Å²) in [6, 6.07) is 12.8. The Bertz CT molecular complexity index is 905. The third kappa shape index (κ3) is 2.83. The molecule has 6 heteroatoms. The summed E-state index contributed by atoms with van der Waals surface area (Å²) in [6.07, 6.45) is 5.36. The molecule has 0 fully saturated rings. The van der Waals surface area contributed by atoms with E-state index in [2.05, 4.69) is 22.8 Å². The molecule has 0 bridgehead atoms. The first-order valence-electron chi connectivity index (χ1n) is 8.62. The molecule has 0 saturated carbocycles. The van der Waals surface area contributed by atoms with Crippen molar-refractivity contribution in [2.75, 3.05) is 10.6 Å². The Hall–Kier alpha value is -3.15. The highest BCUT2D eigenvalue weighted by molar-refractivity contribution is 5.89. The number of benzene rings is 2. The van der Waals surface area contributed by atoms with Gasteiger partial charge >= 0.3 is 0 Å². The van der Waals surface area contributed by atoms with E-state index < -0.39 is 0 Å². The molecule has 1 heterocycles. The van der Waals surface area contributed by atoms with Crippen LogP contribution in [0.3, 0.4) is 0 Å². The number of carbonyl (C=O) groups excluding carboxylic acids is 1. The van der Waals surface area contributed by atoms with E-state index in [1.165, 1.54) is 12.5 Å². The number of amides is 1. The quantitative estimate of drug-likeness (QED) is 0.489. The van der Waals surface area contributed by atoms with E-state index in [4.69, 9.17) is 0 Å². The lowest BCUT2D eigenvalue weighted by Gasteiger charge is -2.37. The summed E-state index contributed by atoms with van der Waals surface area (Å²) in [5.74, 6) is 0.521. The van der Waals surface area contributed by atoms with Gasteiger partial charge in [-0.1, -0.05) is 24.3 Å². The lowest BCUT2D eigenvalue weighted by atomic mass is 9.77. The molecule has 1 aliphatic heterocycles. The van der Waals surface area contributed by atoms with Crippen LogP contribution in [0.1, 0.15) is 36.4 Å². The number of nitrogens with one attached hydrogen (secondary N) is 2. The molecule has 2 N–H and O–H groups in total. The zero-order valence-electron chi connectivity index (χ0n) is 14.3. The summed E-state index contributed by atoms with van der Waals surface area (Å²) in [5.41, 5.74) is 4.16. The van der Waals surface area contributed by atoms with Crippen molar-refractivity contribution in [2.24, 2.45) is 5.92 Å². The summed E-state index contributed by atoms with van der Waals surface area (Å²) < 4.78 is 0. The van der Waals surface area contributed by atoms with Crippen LogP contribution in [-0.2, 0) is 4.79 Å². The van der Waals surface area contributed by atoms with Crippen molar-refractivity contribution in [3.8, 4) is 0 Å². The monoisotopic (exact) mass is 349 g/mol. The molecule has 0 aromatic heterocycles. The topological polar surface area (TPSA) is 84.3 Å². The highest BCUT2D eigenvalue weighted by atomic mass is 16.6. The average Bonchev–Trinajstić information content (AvgIpc) is 3.11. The van der Waals surface area contributed by atoms with Crippen molar-refractivity contribution in [1.82, 2.24) is 0 Å². The van der Waals surface area contributed by atoms with Crippen molar-refractivity contribution in [3.05, 3.63) is 75.9 Å². The fraction of sp³-hybridized carbons (Fsp3) is 0.250. The molecule has 6 nitrogen and oxygen atoms in total. The number of rotatable bonds is 3. The molecular weight excluding hydrogens is 330 g/mol. The van der Waals surface area contributed by atoms with Crippen molar-refractivity contribution in [2.45, 2.75) is 25.3 Å². The van der Waals surface area contributed by atoms with Crippen molar-refractivity contribution >= 4 is 23.0 Å². The fourth-order valence-electron chi connectivity index (χ4n) is 4.01. The van der Waals surface area contributed by atoms with Gasteiger partial charge in [0.2, 0.25) is 5.91 Å². The number of fused-ring (bicyclic) bond motifs is 3. The van der Waals surface area contributed by atoms with Gasteiger partial charge in [-0.05, 0) is 41.7 Å². The molecular formula is C20H19N3O3. The van der Waals surface area contributed by atoms with E-state index in [0.29, 0.717) is 5.92 Å². The van der Waals surface area contributed by atoms with E-state index in [1.807, 2.05) is 30.3 Å². The fourth-order valence-corrected chi connectivity index (χ4v) is 4.01. The Kier molecular flexibility index (Phi) is 3.95. The van der Waals surface area contributed by atoms with Crippen LogP contribution in [0.25, 0.3) is 0 Å². The summed E-state index contributed by atoms with van der Waals surface area (Å²) in [4.78, 5) is 21.8. The molecule has 0 unspecified atom stereocenters. The minimum Gasteiger partial charge on any atom is -0.378 e. The zero-order valence-corrected chi connectivity index (χ0v) is 14.3. The number of nitro groups is 1. The maximum atomic E-state index is 11.3. The predicted molar refractivity (Wildman–Crippen MR) is 100 cm³/mol. The number of nitrogens with zero attached hydrogens (tertiary/aromatic N) is 1. The SMILES string of the molecule is CC(=O)Nc1ccc2c(c1)[C@H]1C=CC[C@H]1[C@H](c1ccc([N+](=O)[O-])cc1)N2. The molecule has 132 valence electrons. The highest BCUT2D eigenvalue weighted by Gasteiger charge is 2.38. The highest BCUT2D eigenvalue weighted by Crippen LogP contribution is 2.50. The summed E-state index contributed by atoms with van der Waals surface area (Å²) in [5, 5.41) is 17.3. The van der Waals surface area contributed by atoms with Gasteiger partial charge in [0, 0.05) is 36.3 Å². The lowest BCUT2D eigenvalue weighted by Crippen LogP contribution is -2.29. The first kappa shape index (κ1) is 16.3. The molecule has 26 heavy (non-hydrogen) atoms. The maximum Gasteiger partial charge on any atom is 0.269 e.